The van der Waals surface area contributed by atoms with Crippen molar-refractivity contribution in [3.63, 3.8) is 0 Å². The molecule has 6 heteroatoms. The fraction of sp³-hybridized carbons (Fsp3) is 0.263. The molecule has 25 heavy (non-hydrogen) atoms. The van der Waals surface area contributed by atoms with Gasteiger partial charge in [-0.15, -0.1) is 0 Å². The third-order valence-corrected chi connectivity index (χ3v) is 4.16. The van der Waals surface area contributed by atoms with Crippen LogP contribution in [0, 0.1) is 11.6 Å². The summed E-state index contributed by atoms with van der Waals surface area (Å²) in [6, 6.07) is 10.4. The smallest absolute Gasteiger partial charge is 0.240 e. The number of imidazole rings is 1. The van der Waals surface area contributed by atoms with Crippen molar-refractivity contribution >= 4 is 16.9 Å². The zero-order valence-corrected chi connectivity index (χ0v) is 14.1. The lowest BCUT2D eigenvalue weighted by Gasteiger charge is -2.16. The molecule has 3 rings (SSSR count). The fourth-order valence-electron chi connectivity index (χ4n) is 2.93. The number of aryl methyl sites for hydroxylation is 1. The molecule has 0 bridgehead atoms. The number of halogens is 2. The van der Waals surface area contributed by atoms with Crippen molar-refractivity contribution < 1.29 is 13.6 Å². The number of aromatic nitrogens is 2. The van der Waals surface area contributed by atoms with Crippen LogP contribution in [0.5, 0.6) is 0 Å². The first-order valence-corrected chi connectivity index (χ1v) is 8.18. The number of amides is 1. The van der Waals surface area contributed by atoms with Crippen molar-refractivity contribution in [1.82, 2.24) is 14.9 Å². The number of hydrogen-bond donors (Lipinski definition) is 1. The minimum atomic E-state index is -0.671. The van der Waals surface area contributed by atoms with E-state index in [1.165, 1.54) is 12.1 Å². The molecular formula is C19H19F2N3O. The van der Waals surface area contributed by atoms with E-state index < -0.39 is 17.7 Å². The summed E-state index contributed by atoms with van der Waals surface area (Å²) in [5.41, 5.74) is 1.97. The van der Waals surface area contributed by atoms with Gasteiger partial charge in [0.05, 0.1) is 17.1 Å². The fourth-order valence-corrected chi connectivity index (χ4v) is 2.93. The van der Waals surface area contributed by atoms with Crippen LogP contribution in [0.2, 0.25) is 0 Å². The van der Waals surface area contributed by atoms with Crippen LogP contribution in [-0.4, -0.2) is 15.5 Å². The predicted octanol–water partition coefficient (Wildman–Crippen LogP) is 3.75. The highest BCUT2D eigenvalue weighted by atomic mass is 19.1. The summed E-state index contributed by atoms with van der Waals surface area (Å²) in [4.78, 5) is 17.0. The summed E-state index contributed by atoms with van der Waals surface area (Å²) >= 11 is 0. The first-order chi connectivity index (χ1) is 12.0. The molecule has 2 aromatic carbocycles. The molecule has 1 atom stereocenters. The zero-order chi connectivity index (χ0) is 18.0. The number of nitrogens with zero attached hydrogens (tertiary/aromatic N) is 2. The molecule has 0 spiro atoms. The van der Waals surface area contributed by atoms with E-state index in [-0.39, 0.29) is 18.0 Å². The number of benzene rings is 2. The number of para-hydroxylation sites is 2. The van der Waals surface area contributed by atoms with Gasteiger partial charge in [0.1, 0.15) is 24.0 Å². The van der Waals surface area contributed by atoms with Crippen LogP contribution in [0.3, 0.4) is 0 Å². The summed E-state index contributed by atoms with van der Waals surface area (Å²) in [6.45, 7) is 3.74. The number of fused-ring (bicyclic) bond motifs is 1. The van der Waals surface area contributed by atoms with E-state index in [1.54, 1.807) is 6.92 Å². The SMILES string of the molecule is CCc1nc2ccccc2n1CC(=O)NC(C)c1ccc(F)cc1F. The van der Waals surface area contributed by atoms with Crippen LogP contribution >= 0.6 is 0 Å². The van der Waals surface area contributed by atoms with E-state index in [4.69, 9.17) is 0 Å². The highest BCUT2D eigenvalue weighted by molar-refractivity contribution is 5.81. The van der Waals surface area contributed by atoms with Gasteiger partial charge in [-0.1, -0.05) is 25.1 Å². The Morgan fingerprint density at radius 2 is 2.00 bits per heavy atom. The molecule has 1 amide bonds. The van der Waals surface area contributed by atoms with Gasteiger partial charge in [-0.3, -0.25) is 4.79 Å². The van der Waals surface area contributed by atoms with Crippen molar-refractivity contribution in [3.8, 4) is 0 Å². The van der Waals surface area contributed by atoms with Crippen molar-refractivity contribution in [3.05, 3.63) is 65.5 Å². The molecule has 0 aliphatic carbocycles. The highest BCUT2D eigenvalue weighted by Gasteiger charge is 2.17. The van der Waals surface area contributed by atoms with Crippen molar-refractivity contribution in [2.45, 2.75) is 32.9 Å². The van der Waals surface area contributed by atoms with Crippen molar-refractivity contribution in [2.75, 3.05) is 0 Å². The molecule has 0 fully saturated rings. The maximum Gasteiger partial charge on any atom is 0.240 e. The van der Waals surface area contributed by atoms with Crippen LogP contribution in [0.4, 0.5) is 8.78 Å². The van der Waals surface area contributed by atoms with Gasteiger partial charge in [0.15, 0.2) is 0 Å². The van der Waals surface area contributed by atoms with Crippen LogP contribution in [0.25, 0.3) is 11.0 Å². The first-order valence-electron chi connectivity index (χ1n) is 8.18. The van der Waals surface area contributed by atoms with Gasteiger partial charge in [0.25, 0.3) is 0 Å². The molecule has 1 N–H and O–H groups in total. The Balaban J connectivity index is 1.79. The average Bonchev–Trinajstić information content (AvgIpc) is 2.92. The number of hydrogen-bond acceptors (Lipinski definition) is 2. The van der Waals surface area contributed by atoms with E-state index >= 15 is 0 Å². The minimum absolute atomic E-state index is 0.0941. The molecule has 1 unspecified atom stereocenters. The van der Waals surface area contributed by atoms with Gasteiger partial charge in [-0.25, -0.2) is 13.8 Å². The second-order valence-corrected chi connectivity index (χ2v) is 5.91. The summed E-state index contributed by atoms with van der Waals surface area (Å²) in [5.74, 6) is -0.751. The molecular weight excluding hydrogens is 324 g/mol. The minimum Gasteiger partial charge on any atom is -0.348 e. The molecule has 0 radical (unpaired) electrons. The summed E-state index contributed by atoms with van der Waals surface area (Å²) in [5, 5.41) is 2.76. The first kappa shape index (κ1) is 17.1. The van der Waals surface area contributed by atoms with Crippen LogP contribution in [-0.2, 0) is 17.8 Å². The molecule has 4 nitrogen and oxygen atoms in total. The standard InChI is InChI=1S/C19H19F2N3O/c1-3-18-23-16-6-4-5-7-17(16)24(18)11-19(25)22-12(2)14-9-8-13(20)10-15(14)21/h4-10,12H,3,11H2,1-2H3,(H,22,25). The highest BCUT2D eigenvalue weighted by Crippen LogP contribution is 2.19. The van der Waals surface area contributed by atoms with Crippen LogP contribution < -0.4 is 5.32 Å². The molecule has 130 valence electrons. The number of carbonyl (C=O) groups is 1. The average molecular weight is 343 g/mol. The van der Waals surface area contributed by atoms with E-state index in [9.17, 15) is 13.6 Å². The quantitative estimate of drug-likeness (QED) is 0.767. The van der Waals surface area contributed by atoms with E-state index in [2.05, 4.69) is 10.3 Å². The Morgan fingerprint density at radius 3 is 2.72 bits per heavy atom. The molecule has 0 saturated carbocycles. The Morgan fingerprint density at radius 1 is 1.24 bits per heavy atom. The Labute approximate surface area is 144 Å². The lowest BCUT2D eigenvalue weighted by atomic mass is 10.1. The lowest BCUT2D eigenvalue weighted by Crippen LogP contribution is -2.31. The maximum absolute atomic E-state index is 13.8. The third kappa shape index (κ3) is 3.52. The molecule has 0 aliphatic rings. The normalized spacial score (nSPS) is 12.3. The van der Waals surface area contributed by atoms with Crippen LogP contribution in [0.15, 0.2) is 42.5 Å². The largest absolute Gasteiger partial charge is 0.348 e. The molecule has 1 heterocycles. The molecule has 0 saturated heterocycles. The van der Waals surface area contributed by atoms with E-state index in [0.717, 1.165) is 22.9 Å². The predicted molar refractivity (Wildman–Crippen MR) is 92.0 cm³/mol. The van der Waals surface area contributed by atoms with Crippen molar-refractivity contribution in [2.24, 2.45) is 0 Å². The van der Waals surface area contributed by atoms with Gasteiger partial charge in [-0.2, -0.15) is 0 Å². The monoisotopic (exact) mass is 343 g/mol. The molecule has 3 aromatic rings. The number of rotatable bonds is 5. The lowest BCUT2D eigenvalue weighted by molar-refractivity contribution is -0.122. The number of nitrogens with one attached hydrogen (secondary N) is 1. The third-order valence-electron chi connectivity index (χ3n) is 4.16. The molecule has 1 aromatic heterocycles. The van der Waals surface area contributed by atoms with Gasteiger partial charge >= 0.3 is 0 Å². The van der Waals surface area contributed by atoms with Gasteiger partial charge in [0.2, 0.25) is 5.91 Å². The number of carbonyl (C=O) groups excluding carboxylic acids is 1. The molecule has 0 aliphatic heterocycles. The summed E-state index contributed by atoms with van der Waals surface area (Å²) < 4.78 is 28.7. The maximum atomic E-state index is 13.8. The Hall–Kier alpha value is -2.76. The van der Waals surface area contributed by atoms with Gasteiger partial charge < -0.3 is 9.88 Å². The van der Waals surface area contributed by atoms with E-state index in [0.29, 0.717) is 6.42 Å². The van der Waals surface area contributed by atoms with E-state index in [1.807, 2.05) is 35.8 Å². The van der Waals surface area contributed by atoms with Gasteiger partial charge in [0, 0.05) is 18.1 Å². The second-order valence-electron chi connectivity index (χ2n) is 5.91. The summed E-state index contributed by atoms with van der Waals surface area (Å²) in [7, 11) is 0. The van der Waals surface area contributed by atoms with Crippen molar-refractivity contribution in [1.29, 1.82) is 0 Å². The zero-order valence-electron chi connectivity index (χ0n) is 14.1. The van der Waals surface area contributed by atoms with Gasteiger partial charge in [-0.05, 0) is 25.1 Å². The Bertz CT molecular complexity index is 920. The second kappa shape index (κ2) is 7.01. The summed E-state index contributed by atoms with van der Waals surface area (Å²) in [6.07, 6.45) is 0.699. The Kier molecular flexibility index (Phi) is 4.79. The topological polar surface area (TPSA) is 46.9 Å². The van der Waals surface area contributed by atoms with Crippen LogP contribution in [0.1, 0.15) is 31.3 Å².